The first-order valence-electron chi connectivity index (χ1n) is 7.63. The molecule has 0 N–H and O–H groups in total. The summed E-state index contributed by atoms with van der Waals surface area (Å²) in [6, 6.07) is 5.31. The molecule has 3 rings (SSSR count). The van der Waals surface area contributed by atoms with E-state index in [2.05, 4.69) is 24.8 Å². The highest BCUT2D eigenvalue weighted by atomic mass is 19.1. The summed E-state index contributed by atoms with van der Waals surface area (Å²) < 4.78 is 18.2. The predicted octanol–water partition coefficient (Wildman–Crippen LogP) is 2.12. The molecule has 0 aromatic carbocycles. The van der Waals surface area contributed by atoms with E-state index in [0.29, 0.717) is 11.9 Å². The number of pyridine rings is 1. The second-order valence-electron chi connectivity index (χ2n) is 5.61. The Labute approximate surface area is 134 Å². The second-order valence-corrected chi connectivity index (χ2v) is 5.61. The molecule has 1 unspecified atom stereocenters. The van der Waals surface area contributed by atoms with Crippen molar-refractivity contribution in [1.82, 2.24) is 15.0 Å². The highest BCUT2D eigenvalue weighted by molar-refractivity contribution is 5.44. The summed E-state index contributed by atoms with van der Waals surface area (Å²) in [5.41, 5.74) is 0. The number of methoxy groups -OCH3 is 1. The molecular formula is C16H20FN5O. The van der Waals surface area contributed by atoms with Gasteiger partial charge in [-0.25, -0.2) is 19.3 Å². The summed E-state index contributed by atoms with van der Waals surface area (Å²) in [6.45, 7) is 1.75. The summed E-state index contributed by atoms with van der Waals surface area (Å²) in [4.78, 5) is 16.9. The monoisotopic (exact) mass is 317 g/mol. The van der Waals surface area contributed by atoms with Crippen molar-refractivity contribution in [3.8, 4) is 5.88 Å². The van der Waals surface area contributed by atoms with Crippen molar-refractivity contribution >= 4 is 11.6 Å². The maximum atomic E-state index is 13.0. The van der Waals surface area contributed by atoms with Gasteiger partial charge in [-0.05, 0) is 25.0 Å². The minimum atomic E-state index is -0.312. The molecule has 2 aromatic rings. The molecule has 0 amide bonds. The van der Waals surface area contributed by atoms with E-state index < -0.39 is 0 Å². The topological polar surface area (TPSA) is 54.4 Å². The van der Waals surface area contributed by atoms with Crippen LogP contribution in [0.2, 0.25) is 0 Å². The van der Waals surface area contributed by atoms with Crippen LogP contribution in [0, 0.1) is 5.82 Å². The molecule has 1 aliphatic rings. The number of likely N-dealkylation sites (N-methyl/N-ethyl adjacent to an activating group) is 1. The molecule has 1 saturated heterocycles. The molecule has 0 spiro atoms. The second kappa shape index (κ2) is 6.76. The van der Waals surface area contributed by atoms with Crippen LogP contribution in [-0.2, 0) is 0 Å². The highest BCUT2D eigenvalue weighted by Gasteiger charge is 2.25. The van der Waals surface area contributed by atoms with Crippen molar-refractivity contribution in [2.75, 3.05) is 37.0 Å². The van der Waals surface area contributed by atoms with Crippen LogP contribution < -0.4 is 14.5 Å². The predicted molar refractivity (Wildman–Crippen MR) is 86.4 cm³/mol. The summed E-state index contributed by atoms with van der Waals surface area (Å²) in [7, 11) is 3.61. The van der Waals surface area contributed by atoms with E-state index in [1.807, 2.05) is 13.1 Å². The van der Waals surface area contributed by atoms with Crippen molar-refractivity contribution in [2.45, 2.75) is 18.9 Å². The summed E-state index contributed by atoms with van der Waals surface area (Å²) in [5.74, 6) is 1.88. The van der Waals surface area contributed by atoms with E-state index >= 15 is 0 Å². The molecule has 0 saturated carbocycles. The van der Waals surface area contributed by atoms with Gasteiger partial charge in [0.15, 0.2) is 0 Å². The largest absolute Gasteiger partial charge is 0.481 e. The maximum Gasteiger partial charge on any atom is 0.218 e. The first-order chi connectivity index (χ1) is 11.2. The molecular weight excluding hydrogens is 297 g/mol. The molecule has 23 heavy (non-hydrogen) atoms. The van der Waals surface area contributed by atoms with E-state index in [9.17, 15) is 4.39 Å². The number of aromatic nitrogens is 3. The highest BCUT2D eigenvalue weighted by Crippen LogP contribution is 2.24. The fraction of sp³-hybridized carbons (Fsp3) is 0.438. The Kier molecular flexibility index (Phi) is 4.55. The fourth-order valence-corrected chi connectivity index (χ4v) is 2.86. The van der Waals surface area contributed by atoms with Gasteiger partial charge in [0, 0.05) is 32.2 Å². The molecule has 3 heterocycles. The molecule has 6 nitrogen and oxygen atoms in total. The van der Waals surface area contributed by atoms with Crippen LogP contribution in [0.3, 0.4) is 0 Å². The first kappa shape index (κ1) is 15.5. The Morgan fingerprint density at radius 1 is 1.30 bits per heavy atom. The Morgan fingerprint density at radius 3 is 2.91 bits per heavy atom. The van der Waals surface area contributed by atoms with Crippen LogP contribution in [0.15, 0.2) is 30.7 Å². The van der Waals surface area contributed by atoms with Gasteiger partial charge >= 0.3 is 0 Å². The lowest BCUT2D eigenvalue weighted by Gasteiger charge is -2.38. The quantitative estimate of drug-likeness (QED) is 0.861. The number of piperidine rings is 1. The molecule has 1 fully saturated rings. The minimum Gasteiger partial charge on any atom is -0.481 e. The molecule has 2 aromatic heterocycles. The van der Waals surface area contributed by atoms with Crippen LogP contribution in [0.1, 0.15) is 12.8 Å². The molecule has 1 aliphatic heterocycles. The van der Waals surface area contributed by atoms with E-state index in [0.717, 1.165) is 37.6 Å². The van der Waals surface area contributed by atoms with E-state index in [1.54, 1.807) is 13.2 Å². The van der Waals surface area contributed by atoms with E-state index in [-0.39, 0.29) is 5.82 Å². The van der Waals surface area contributed by atoms with E-state index in [4.69, 9.17) is 4.74 Å². The zero-order chi connectivity index (χ0) is 16.2. The number of halogens is 1. The lowest BCUT2D eigenvalue weighted by molar-refractivity contribution is 0.396. The van der Waals surface area contributed by atoms with Crippen molar-refractivity contribution in [2.24, 2.45) is 0 Å². The van der Waals surface area contributed by atoms with Crippen molar-refractivity contribution in [3.63, 3.8) is 0 Å². The molecule has 7 heteroatoms. The lowest BCUT2D eigenvalue weighted by Crippen LogP contribution is -2.47. The minimum absolute atomic E-state index is 0.301. The number of anilines is 2. The Hall–Kier alpha value is -2.44. The average molecular weight is 317 g/mol. The third-order valence-corrected chi connectivity index (χ3v) is 4.18. The average Bonchev–Trinajstić information content (AvgIpc) is 2.62. The van der Waals surface area contributed by atoms with Crippen molar-refractivity contribution < 1.29 is 9.13 Å². The van der Waals surface area contributed by atoms with Crippen molar-refractivity contribution in [3.05, 3.63) is 36.5 Å². The summed E-state index contributed by atoms with van der Waals surface area (Å²) in [5, 5.41) is 0. The van der Waals surface area contributed by atoms with Crippen LogP contribution >= 0.6 is 0 Å². The molecule has 122 valence electrons. The number of rotatable bonds is 4. The Morgan fingerprint density at radius 2 is 2.17 bits per heavy atom. The van der Waals surface area contributed by atoms with Crippen LogP contribution in [-0.4, -0.2) is 48.2 Å². The smallest absolute Gasteiger partial charge is 0.218 e. The van der Waals surface area contributed by atoms with Gasteiger partial charge in [0.1, 0.15) is 23.8 Å². The summed E-state index contributed by atoms with van der Waals surface area (Å²) in [6.07, 6.45) is 4.89. The third-order valence-electron chi connectivity index (χ3n) is 4.18. The number of hydrogen-bond acceptors (Lipinski definition) is 6. The van der Waals surface area contributed by atoms with E-state index in [1.165, 1.54) is 18.6 Å². The molecule has 0 bridgehead atoms. The normalized spacial score (nSPS) is 17.9. The Balaban J connectivity index is 1.73. The molecule has 0 radical (unpaired) electrons. The van der Waals surface area contributed by atoms with Gasteiger partial charge in [0.05, 0.1) is 13.3 Å². The molecule has 1 atom stereocenters. The van der Waals surface area contributed by atoms with Crippen LogP contribution in [0.4, 0.5) is 16.0 Å². The summed E-state index contributed by atoms with van der Waals surface area (Å²) >= 11 is 0. The molecule has 0 aliphatic carbocycles. The lowest BCUT2D eigenvalue weighted by atomic mass is 10.0. The first-order valence-corrected chi connectivity index (χ1v) is 7.63. The van der Waals surface area contributed by atoms with Crippen molar-refractivity contribution in [1.29, 1.82) is 0 Å². The standard InChI is InChI=1S/C16H20FN5O/c1-21(15-8-16(23-2)20-11-19-15)13-4-3-7-22(10-13)14-6-5-12(17)9-18-14/h5-6,8-9,11,13H,3-4,7,10H2,1-2H3. The number of ether oxygens (including phenoxy) is 1. The number of nitrogens with zero attached hydrogens (tertiary/aromatic N) is 5. The Bertz CT molecular complexity index is 651. The van der Waals surface area contributed by atoms with Gasteiger partial charge in [-0.1, -0.05) is 0 Å². The third kappa shape index (κ3) is 3.49. The van der Waals surface area contributed by atoms with Gasteiger partial charge in [0.2, 0.25) is 5.88 Å². The van der Waals surface area contributed by atoms with Gasteiger partial charge < -0.3 is 14.5 Å². The van der Waals surface area contributed by atoms with Gasteiger partial charge in [-0.3, -0.25) is 0 Å². The van der Waals surface area contributed by atoms with Gasteiger partial charge in [0.25, 0.3) is 0 Å². The van der Waals surface area contributed by atoms with Gasteiger partial charge in [-0.2, -0.15) is 0 Å². The zero-order valence-electron chi connectivity index (χ0n) is 13.3. The fourth-order valence-electron chi connectivity index (χ4n) is 2.86. The zero-order valence-corrected chi connectivity index (χ0v) is 13.3. The van der Waals surface area contributed by atoms with Gasteiger partial charge in [-0.15, -0.1) is 0 Å². The van der Waals surface area contributed by atoms with Crippen LogP contribution in [0.5, 0.6) is 5.88 Å². The maximum absolute atomic E-state index is 13.0. The SMILES string of the molecule is COc1cc(N(C)C2CCCN(c3ccc(F)cn3)C2)ncn1. The van der Waals surface area contributed by atoms with Crippen LogP contribution in [0.25, 0.3) is 0 Å². The number of hydrogen-bond donors (Lipinski definition) is 0.